The molecule has 1 aromatic rings. The molecule has 0 unspecified atom stereocenters. The van der Waals surface area contributed by atoms with E-state index in [1.54, 1.807) is 0 Å². The molecule has 0 spiro atoms. The predicted molar refractivity (Wildman–Crippen MR) is 47.1 cm³/mol. The standard InChI is InChI=1S/C10H12O2/c1-8(7-10(11)12)9-5-3-2-4-6-9/h2-6,8H,7H2,1H3,(H,11,12)/t8-/m0/s1/i1+1. The minimum Gasteiger partial charge on any atom is -0.481 e. The monoisotopic (exact) mass is 165 g/mol. The summed E-state index contributed by atoms with van der Waals surface area (Å²) in [4.78, 5) is 10.4. The van der Waals surface area contributed by atoms with Gasteiger partial charge >= 0.3 is 5.97 Å². The predicted octanol–water partition coefficient (Wildman–Crippen LogP) is 2.26. The van der Waals surface area contributed by atoms with Gasteiger partial charge in [-0.05, 0) is 11.5 Å². The number of carboxylic acids is 1. The zero-order chi connectivity index (χ0) is 8.97. The van der Waals surface area contributed by atoms with E-state index in [4.69, 9.17) is 5.11 Å². The molecule has 1 aromatic carbocycles. The van der Waals surface area contributed by atoms with Gasteiger partial charge in [0.15, 0.2) is 0 Å². The van der Waals surface area contributed by atoms with Gasteiger partial charge in [0, 0.05) is 0 Å². The highest BCUT2D eigenvalue weighted by Crippen LogP contribution is 2.17. The first-order chi connectivity index (χ1) is 5.70. The van der Waals surface area contributed by atoms with E-state index in [1.165, 1.54) is 0 Å². The molecule has 1 atom stereocenters. The van der Waals surface area contributed by atoms with Crippen LogP contribution in [0.5, 0.6) is 0 Å². The second-order valence-corrected chi connectivity index (χ2v) is 2.91. The van der Waals surface area contributed by atoms with E-state index >= 15 is 0 Å². The Morgan fingerprint density at radius 3 is 2.50 bits per heavy atom. The summed E-state index contributed by atoms with van der Waals surface area (Å²) in [6.07, 6.45) is 0.198. The Balaban J connectivity index is 2.65. The Morgan fingerprint density at radius 2 is 2.00 bits per heavy atom. The van der Waals surface area contributed by atoms with Crippen LogP contribution in [0.1, 0.15) is 24.8 Å². The first kappa shape index (κ1) is 8.78. The smallest absolute Gasteiger partial charge is 0.303 e. The van der Waals surface area contributed by atoms with Crippen LogP contribution < -0.4 is 0 Å². The maximum atomic E-state index is 10.4. The first-order valence-electron chi connectivity index (χ1n) is 3.97. The van der Waals surface area contributed by atoms with Gasteiger partial charge in [0.1, 0.15) is 0 Å². The molecule has 0 amide bonds. The van der Waals surface area contributed by atoms with Crippen LogP contribution in [0.3, 0.4) is 0 Å². The summed E-state index contributed by atoms with van der Waals surface area (Å²) >= 11 is 0. The summed E-state index contributed by atoms with van der Waals surface area (Å²) in [5.41, 5.74) is 1.08. The fraction of sp³-hybridized carbons (Fsp3) is 0.300. The van der Waals surface area contributed by atoms with Crippen LogP contribution in [0.15, 0.2) is 30.3 Å². The summed E-state index contributed by atoms with van der Waals surface area (Å²) in [7, 11) is 0. The molecular weight excluding hydrogens is 153 g/mol. The Kier molecular flexibility index (Phi) is 2.86. The average molecular weight is 165 g/mol. The molecule has 0 aliphatic heterocycles. The molecule has 0 saturated carbocycles. The molecule has 64 valence electrons. The maximum absolute atomic E-state index is 10.4. The van der Waals surface area contributed by atoms with Crippen LogP contribution in [0.2, 0.25) is 0 Å². The third-order valence-electron chi connectivity index (χ3n) is 1.85. The average Bonchev–Trinajstić information content (AvgIpc) is 2.05. The lowest BCUT2D eigenvalue weighted by Gasteiger charge is -2.07. The van der Waals surface area contributed by atoms with E-state index in [-0.39, 0.29) is 12.3 Å². The van der Waals surface area contributed by atoms with E-state index in [1.807, 2.05) is 37.3 Å². The van der Waals surface area contributed by atoms with Crippen molar-refractivity contribution < 1.29 is 9.90 Å². The molecule has 2 heteroatoms. The van der Waals surface area contributed by atoms with Crippen molar-refractivity contribution in [3.63, 3.8) is 0 Å². The number of carbonyl (C=O) groups is 1. The number of carboxylic acid groups (broad SMARTS) is 1. The van der Waals surface area contributed by atoms with Gasteiger partial charge in [-0.2, -0.15) is 0 Å². The van der Waals surface area contributed by atoms with Crippen LogP contribution >= 0.6 is 0 Å². The zero-order valence-electron chi connectivity index (χ0n) is 7.03. The van der Waals surface area contributed by atoms with Gasteiger partial charge in [-0.15, -0.1) is 0 Å². The van der Waals surface area contributed by atoms with Crippen LogP contribution in [0.25, 0.3) is 0 Å². The molecule has 2 nitrogen and oxygen atoms in total. The highest BCUT2D eigenvalue weighted by molar-refractivity contribution is 5.67. The number of benzene rings is 1. The minimum atomic E-state index is -0.744. The van der Waals surface area contributed by atoms with E-state index in [2.05, 4.69) is 0 Å². The first-order valence-corrected chi connectivity index (χ1v) is 3.97. The van der Waals surface area contributed by atoms with Gasteiger partial charge in [-0.25, -0.2) is 0 Å². The van der Waals surface area contributed by atoms with Crippen molar-refractivity contribution in [2.75, 3.05) is 0 Å². The highest BCUT2D eigenvalue weighted by atomic mass is 16.4. The summed E-state index contributed by atoms with van der Waals surface area (Å²) in [5.74, 6) is -0.643. The third kappa shape index (κ3) is 2.38. The molecule has 0 saturated heterocycles. The SMILES string of the molecule is [13CH3][C@@H](CC(=O)O)c1ccccc1. The van der Waals surface area contributed by atoms with Crippen molar-refractivity contribution in [3.8, 4) is 0 Å². The van der Waals surface area contributed by atoms with Crippen molar-refractivity contribution in [1.29, 1.82) is 0 Å². The lowest BCUT2D eigenvalue weighted by atomic mass is 10.0. The summed E-state index contributed by atoms with van der Waals surface area (Å²) in [5, 5.41) is 8.55. The second kappa shape index (κ2) is 3.90. The van der Waals surface area contributed by atoms with E-state index < -0.39 is 5.97 Å². The van der Waals surface area contributed by atoms with Crippen molar-refractivity contribution >= 4 is 5.97 Å². The Labute approximate surface area is 71.8 Å². The van der Waals surface area contributed by atoms with Crippen LogP contribution in [0, 0.1) is 0 Å². The molecule has 12 heavy (non-hydrogen) atoms. The number of aliphatic carboxylic acids is 1. The molecule has 0 fully saturated rings. The molecule has 0 aliphatic rings. The zero-order valence-corrected chi connectivity index (χ0v) is 7.03. The molecule has 0 bridgehead atoms. The van der Waals surface area contributed by atoms with Gasteiger partial charge < -0.3 is 5.11 Å². The quantitative estimate of drug-likeness (QED) is 0.697. The Bertz CT molecular complexity index is 254. The molecule has 0 heterocycles. The van der Waals surface area contributed by atoms with Crippen molar-refractivity contribution in [1.82, 2.24) is 0 Å². The van der Waals surface area contributed by atoms with Crippen LogP contribution in [0.4, 0.5) is 0 Å². The molecule has 0 aromatic heterocycles. The van der Waals surface area contributed by atoms with Crippen molar-refractivity contribution in [3.05, 3.63) is 35.9 Å². The Hall–Kier alpha value is -1.31. The fourth-order valence-electron chi connectivity index (χ4n) is 1.16. The van der Waals surface area contributed by atoms with E-state index in [9.17, 15) is 4.79 Å². The van der Waals surface area contributed by atoms with Gasteiger partial charge in [0.25, 0.3) is 0 Å². The van der Waals surface area contributed by atoms with Crippen LogP contribution in [-0.2, 0) is 4.79 Å². The lowest BCUT2D eigenvalue weighted by molar-refractivity contribution is -0.137. The number of rotatable bonds is 3. The van der Waals surface area contributed by atoms with E-state index in [0.717, 1.165) is 5.56 Å². The van der Waals surface area contributed by atoms with Gasteiger partial charge in [-0.1, -0.05) is 37.3 Å². The number of hydrogen-bond donors (Lipinski definition) is 1. The number of hydrogen-bond acceptors (Lipinski definition) is 1. The third-order valence-corrected chi connectivity index (χ3v) is 1.85. The lowest BCUT2D eigenvalue weighted by Crippen LogP contribution is -2.02. The molecule has 0 radical (unpaired) electrons. The summed E-state index contributed by atoms with van der Waals surface area (Å²) < 4.78 is 0. The van der Waals surface area contributed by atoms with Gasteiger partial charge in [0.05, 0.1) is 6.42 Å². The van der Waals surface area contributed by atoms with Gasteiger partial charge in [-0.3, -0.25) is 4.79 Å². The molecule has 1 rings (SSSR count). The Morgan fingerprint density at radius 1 is 1.42 bits per heavy atom. The topological polar surface area (TPSA) is 37.3 Å². The summed E-state index contributed by atoms with van der Waals surface area (Å²) in [6.45, 7) is 1.92. The highest BCUT2D eigenvalue weighted by Gasteiger charge is 2.08. The molecule has 1 N–H and O–H groups in total. The fourth-order valence-corrected chi connectivity index (χ4v) is 1.16. The van der Waals surface area contributed by atoms with Crippen molar-refractivity contribution in [2.24, 2.45) is 0 Å². The molecular formula is C10H12O2. The maximum Gasteiger partial charge on any atom is 0.303 e. The molecule has 0 aliphatic carbocycles. The normalized spacial score (nSPS) is 12.4. The largest absolute Gasteiger partial charge is 0.481 e. The van der Waals surface area contributed by atoms with Crippen LogP contribution in [-0.4, -0.2) is 11.1 Å². The minimum absolute atomic E-state index is 0.101. The van der Waals surface area contributed by atoms with Crippen molar-refractivity contribution in [2.45, 2.75) is 19.3 Å². The summed E-state index contributed by atoms with van der Waals surface area (Å²) in [6, 6.07) is 9.68. The van der Waals surface area contributed by atoms with Gasteiger partial charge in [0.2, 0.25) is 0 Å². The second-order valence-electron chi connectivity index (χ2n) is 2.91. The van der Waals surface area contributed by atoms with E-state index in [0.29, 0.717) is 0 Å².